The zero-order valence-corrected chi connectivity index (χ0v) is 19.2. The van der Waals surface area contributed by atoms with Crippen LogP contribution in [0.2, 0.25) is 0 Å². The number of fused-ring (bicyclic) bond motifs is 1. The second kappa shape index (κ2) is 8.88. The van der Waals surface area contributed by atoms with E-state index in [1.807, 2.05) is 31.3 Å². The molecule has 0 bridgehead atoms. The first kappa shape index (κ1) is 22.0. The zero-order chi connectivity index (χ0) is 23.8. The maximum Gasteiger partial charge on any atom is 0.270 e. The number of hydrogen-bond donors (Lipinski definition) is 2. The van der Waals surface area contributed by atoms with Crippen molar-refractivity contribution in [2.75, 3.05) is 6.54 Å². The predicted octanol–water partition coefficient (Wildman–Crippen LogP) is 2.30. The van der Waals surface area contributed by atoms with Gasteiger partial charge in [-0.1, -0.05) is 6.92 Å². The van der Waals surface area contributed by atoms with E-state index in [0.29, 0.717) is 25.3 Å². The number of amides is 1. The SMILES string of the molecule is CCc1cc2ncc(CN3C[C@H](Oc4ccc(C(=O)NC5CC5)nc4C#N)[C@H]3C)cc2[nH]c1=O. The molecule has 1 amide bonds. The quantitative estimate of drug-likeness (QED) is 0.557. The predicted molar refractivity (Wildman–Crippen MR) is 125 cm³/mol. The summed E-state index contributed by atoms with van der Waals surface area (Å²) in [6.07, 6.45) is 4.38. The van der Waals surface area contributed by atoms with E-state index in [4.69, 9.17) is 4.74 Å². The molecule has 3 aromatic rings. The monoisotopic (exact) mass is 458 g/mol. The highest BCUT2D eigenvalue weighted by molar-refractivity contribution is 5.92. The number of likely N-dealkylation sites (tertiary alicyclic amines) is 1. The maximum absolute atomic E-state index is 12.2. The van der Waals surface area contributed by atoms with Crippen LogP contribution in [-0.2, 0) is 13.0 Å². The van der Waals surface area contributed by atoms with Gasteiger partial charge in [-0.15, -0.1) is 0 Å². The Morgan fingerprint density at radius 1 is 1.35 bits per heavy atom. The first-order valence-electron chi connectivity index (χ1n) is 11.6. The summed E-state index contributed by atoms with van der Waals surface area (Å²) in [4.78, 5) is 38.2. The second-order valence-corrected chi connectivity index (χ2v) is 8.98. The number of nitrogens with zero attached hydrogens (tertiary/aromatic N) is 4. The molecule has 34 heavy (non-hydrogen) atoms. The van der Waals surface area contributed by atoms with Gasteiger partial charge in [0.05, 0.1) is 11.0 Å². The van der Waals surface area contributed by atoms with Crippen molar-refractivity contribution in [3.05, 3.63) is 63.3 Å². The molecule has 1 aliphatic heterocycles. The van der Waals surface area contributed by atoms with Crippen molar-refractivity contribution in [3.63, 3.8) is 0 Å². The van der Waals surface area contributed by atoms with Gasteiger partial charge in [0.15, 0.2) is 11.4 Å². The van der Waals surface area contributed by atoms with Crippen LogP contribution in [0.1, 0.15) is 54.0 Å². The van der Waals surface area contributed by atoms with Gasteiger partial charge in [0.25, 0.3) is 11.5 Å². The van der Waals surface area contributed by atoms with Gasteiger partial charge >= 0.3 is 0 Å². The minimum atomic E-state index is -0.259. The van der Waals surface area contributed by atoms with Gasteiger partial charge in [0.1, 0.15) is 17.9 Å². The molecular formula is C25H26N6O3. The lowest BCUT2D eigenvalue weighted by Crippen LogP contribution is -2.60. The first-order valence-corrected chi connectivity index (χ1v) is 11.6. The number of aromatic amines is 1. The summed E-state index contributed by atoms with van der Waals surface area (Å²) in [6.45, 7) is 5.36. The van der Waals surface area contributed by atoms with Crippen LogP contribution < -0.4 is 15.6 Å². The Balaban J connectivity index is 1.23. The lowest BCUT2D eigenvalue weighted by Gasteiger charge is -2.45. The van der Waals surface area contributed by atoms with E-state index in [9.17, 15) is 14.9 Å². The summed E-state index contributed by atoms with van der Waals surface area (Å²) >= 11 is 0. The third kappa shape index (κ3) is 4.37. The molecule has 4 heterocycles. The molecule has 5 rings (SSSR count). The summed E-state index contributed by atoms with van der Waals surface area (Å²) < 4.78 is 6.07. The molecule has 2 N–H and O–H groups in total. The number of aromatic nitrogens is 3. The highest BCUT2D eigenvalue weighted by Crippen LogP contribution is 2.28. The Hall–Kier alpha value is -3.77. The Labute approximate surface area is 196 Å². The highest BCUT2D eigenvalue weighted by atomic mass is 16.5. The summed E-state index contributed by atoms with van der Waals surface area (Å²) in [6, 6.07) is 9.44. The molecule has 174 valence electrons. The van der Waals surface area contributed by atoms with Crippen molar-refractivity contribution in [2.24, 2.45) is 0 Å². The number of rotatable bonds is 7. The van der Waals surface area contributed by atoms with Crippen LogP contribution in [0.15, 0.2) is 35.3 Å². The minimum Gasteiger partial charge on any atom is -0.484 e. The Bertz CT molecular complexity index is 1360. The molecule has 0 unspecified atom stereocenters. The summed E-state index contributed by atoms with van der Waals surface area (Å²) in [5.74, 6) is 0.128. The molecule has 0 radical (unpaired) electrons. The van der Waals surface area contributed by atoms with Crippen LogP contribution in [0, 0.1) is 11.3 Å². The van der Waals surface area contributed by atoms with E-state index in [2.05, 4.69) is 32.1 Å². The van der Waals surface area contributed by atoms with Crippen molar-refractivity contribution in [3.8, 4) is 11.8 Å². The number of nitriles is 1. The summed E-state index contributed by atoms with van der Waals surface area (Å²) in [5.41, 5.74) is 3.52. The normalized spacial score (nSPS) is 19.9. The molecule has 2 fully saturated rings. The molecule has 2 aliphatic rings. The van der Waals surface area contributed by atoms with E-state index in [1.165, 1.54) is 0 Å². The molecule has 9 heteroatoms. The number of hydrogen-bond acceptors (Lipinski definition) is 7. The fourth-order valence-electron chi connectivity index (χ4n) is 4.14. The van der Waals surface area contributed by atoms with Crippen molar-refractivity contribution in [1.82, 2.24) is 25.2 Å². The minimum absolute atomic E-state index is 0.0716. The first-order chi connectivity index (χ1) is 16.4. The van der Waals surface area contributed by atoms with E-state index in [1.54, 1.807) is 12.1 Å². The molecule has 1 saturated heterocycles. The van der Waals surface area contributed by atoms with E-state index in [-0.39, 0.29) is 41.0 Å². The third-order valence-corrected chi connectivity index (χ3v) is 6.51. The molecule has 3 aromatic heterocycles. The van der Waals surface area contributed by atoms with Crippen LogP contribution in [0.3, 0.4) is 0 Å². The van der Waals surface area contributed by atoms with Crippen LogP contribution in [0.5, 0.6) is 5.75 Å². The number of pyridine rings is 3. The van der Waals surface area contributed by atoms with Crippen LogP contribution in [0.25, 0.3) is 11.0 Å². The van der Waals surface area contributed by atoms with Crippen LogP contribution in [-0.4, -0.2) is 50.5 Å². The highest BCUT2D eigenvalue weighted by Gasteiger charge is 2.37. The average molecular weight is 459 g/mol. The van der Waals surface area contributed by atoms with Gasteiger partial charge < -0.3 is 15.0 Å². The van der Waals surface area contributed by atoms with Crippen molar-refractivity contribution < 1.29 is 9.53 Å². The van der Waals surface area contributed by atoms with Gasteiger partial charge in [0, 0.05) is 36.9 Å². The van der Waals surface area contributed by atoms with Crippen molar-refractivity contribution in [1.29, 1.82) is 5.26 Å². The fourth-order valence-corrected chi connectivity index (χ4v) is 4.14. The molecule has 0 aromatic carbocycles. The Morgan fingerprint density at radius 2 is 2.18 bits per heavy atom. The maximum atomic E-state index is 12.2. The number of H-pyrrole nitrogens is 1. The third-order valence-electron chi connectivity index (χ3n) is 6.51. The second-order valence-electron chi connectivity index (χ2n) is 8.98. The smallest absolute Gasteiger partial charge is 0.270 e. The number of carbonyl (C=O) groups excluding carboxylic acids is 1. The van der Waals surface area contributed by atoms with Crippen molar-refractivity contribution >= 4 is 16.9 Å². The zero-order valence-electron chi connectivity index (χ0n) is 19.2. The van der Waals surface area contributed by atoms with E-state index >= 15 is 0 Å². The Morgan fingerprint density at radius 3 is 2.88 bits per heavy atom. The summed E-state index contributed by atoms with van der Waals surface area (Å²) in [5, 5.41) is 12.4. The van der Waals surface area contributed by atoms with E-state index in [0.717, 1.165) is 35.0 Å². The number of nitrogens with one attached hydrogen (secondary N) is 2. The molecule has 0 spiro atoms. The van der Waals surface area contributed by atoms with Crippen molar-refractivity contribution in [2.45, 2.75) is 57.8 Å². The number of carbonyl (C=O) groups is 1. The standard InChI is InChI=1S/C25H26N6O3/c1-3-16-9-19-20(30-24(16)32)8-15(11-27-19)12-31-13-23(14(31)2)34-22-7-6-18(29-21(22)10-26)25(33)28-17-4-5-17/h6-9,11,14,17,23H,3-5,12-13H2,1-2H3,(H,28,33)(H,30,32)/t14-,23+/m1/s1. The largest absolute Gasteiger partial charge is 0.484 e. The molecular weight excluding hydrogens is 432 g/mol. The van der Waals surface area contributed by atoms with Gasteiger partial charge in [-0.2, -0.15) is 5.26 Å². The topological polar surface area (TPSA) is 124 Å². The molecule has 1 aliphatic carbocycles. The lowest BCUT2D eigenvalue weighted by molar-refractivity contribution is -0.0416. The fraction of sp³-hybridized carbons (Fsp3) is 0.400. The number of ether oxygens (including phenoxy) is 1. The molecule has 1 saturated carbocycles. The summed E-state index contributed by atoms with van der Waals surface area (Å²) in [7, 11) is 0. The van der Waals surface area contributed by atoms with Gasteiger partial charge in [0.2, 0.25) is 0 Å². The molecule has 9 nitrogen and oxygen atoms in total. The molecule has 2 atom stereocenters. The van der Waals surface area contributed by atoms with Crippen LogP contribution >= 0.6 is 0 Å². The number of aryl methyl sites for hydroxylation is 1. The Kier molecular flexibility index (Phi) is 5.75. The average Bonchev–Trinajstić information content (AvgIpc) is 3.66. The van der Waals surface area contributed by atoms with Crippen LogP contribution in [0.4, 0.5) is 0 Å². The van der Waals surface area contributed by atoms with E-state index < -0.39 is 0 Å². The lowest BCUT2D eigenvalue weighted by atomic mass is 10.00. The van der Waals surface area contributed by atoms with Gasteiger partial charge in [-0.3, -0.25) is 19.5 Å². The van der Waals surface area contributed by atoms with Gasteiger partial charge in [-0.25, -0.2) is 4.98 Å². The van der Waals surface area contributed by atoms with Gasteiger partial charge in [-0.05, 0) is 56.0 Å².